The maximum absolute atomic E-state index is 5.97. The van der Waals surface area contributed by atoms with Crippen LogP contribution in [0.25, 0.3) is 5.69 Å². The van der Waals surface area contributed by atoms with Gasteiger partial charge in [0.15, 0.2) is 11.0 Å². The van der Waals surface area contributed by atoms with Gasteiger partial charge in [-0.25, -0.2) is 0 Å². The summed E-state index contributed by atoms with van der Waals surface area (Å²) in [4.78, 5) is 1.59. The molecule has 1 aliphatic heterocycles. The van der Waals surface area contributed by atoms with E-state index >= 15 is 0 Å². The highest BCUT2D eigenvalue weighted by molar-refractivity contribution is 7.99. The van der Waals surface area contributed by atoms with E-state index in [1.807, 2.05) is 42.5 Å². The number of nitrogens with zero attached hydrogens (tertiary/aromatic N) is 3. The molecule has 1 fully saturated rings. The van der Waals surface area contributed by atoms with Gasteiger partial charge in [0.05, 0.1) is 25.5 Å². The first-order chi connectivity index (χ1) is 14.3. The minimum Gasteiger partial charge on any atom is -0.486 e. The van der Waals surface area contributed by atoms with Gasteiger partial charge in [-0.15, -0.1) is 10.2 Å². The molecular formula is C22H27N4O2S+. The number of quaternary nitrogens is 1. The SMILES string of the molecule is Cc1ccc(OCc2nnc(SCC[NH+]3CCOCC3)n2-c2ccccc2)cc1. The van der Waals surface area contributed by atoms with E-state index in [0.29, 0.717) is 6.61 Å². The van der Waals surface area contributed by atoms with Gasteiger partial charge in [0, 0.05) is 5.69 Å². The molecule has 0 atom stereocenters. The van der Waals surface area contributed by atoms with Crippen molar-refractivity contribution in [2.75, 3.05) is 38.6 Å². The van der Waals surface area contributed by atoms with Gasteiger partial charge in [0.2, 0.25) is 0 Å². The lowest BCUT2D eigenvalue weighted by atomic mass is 10.2. The Hall–Kier alpha value is -2.35. The standard InChI is InChI=1S/C22H26N4O2S/c1-18-7-9-20(10-8-18)28-17-21-23-24-22(26(21)19-5-3-2-4-6-19)29-16-13-25-11-14-27-15-12-25/h2-10H,11-17H2,1H3/p+1. The number of rotatable bonds is 8. The molecule has 1 aliphatic rings. The van der Waals surface area contributed by atoms with Gasteiger partial charge < -0.3 is 14.4 Å². The van der Waals surface area contributed by atoms with E-state index in [1.165, 1.54) is 5.56 Å². The Kier molecular flexibility index (Phi) is 6.82. The normalized spacial score (nSPS) is 14.8. The average Bonchev–Trinajstić information content (AvgIpc) is 3.17. The van der Waals surface area contributed by atoms with E-state index < -0.39 is 0 Å². The molecule has 7 heteroatoms. The Morgan fingerprint density at radius 2 is 1.79 bits per heavy atom. The highest BCUT2D eigenvalue weighted by Crippen LogP contribution is 2.23. The number of aryl methyl sites for hydroxylation is 1. The summed E-state index contributed by atoms with van der Waals surface area (Å²) < 4.78 is 13.5. The smallest absolute Gasteiger partial charge is 0.196 e. The maximum atomic E-state index is 5.97. The van der Waals surface area contributed by atoms with Crippen LogP contribution >= 0.6 is 11.8 Å². The molecule has 0 unspecified atom stereocenters. The van der Waals surface area contributed by atoms with Crippen LogP contribution in [0.15, 0.2) is 59.8 Å². The molecular weight excluding hydrogens is 384 g/mol. The third-order valence-electron chi connectivity index (χ3n) is 4.99. The Morgan fingerprint density at radius 3 is 2.55 bits per heavy atom. The zero-order valence-corrected chi connectivity index (χ0v) is 17.5. The monoisotopic (exact) mass is 411 g/mol. The molecule has 3 aromatic rings. The van der Waals surface area contributed by atoms with Crippen LogP contribution in [-0.4, -0.2) is 53.4 Å². The van der Waals surface area contributed by atoms with E-state index in [4.69, 9.17) is 9.47 Å². The summed E-state index contributed by atoms with van der Waals surface area (Å²) in [6.45, 7) is 7.44. The summed E-state index contributed by atoms with van der Waals surface area (Å²) in [5, 5.41) is 9.80. The predicted molar refractivity (Wildman–Crippen MR) is 114 cm³/mol. The predicted octanol–water partition coefficient (Wildman–Crippen LogP) is 2.16. The van der Waals surface area contributed by atoms with Gasteiger partial charge in [0.1, 0.15) is 25.4 Å². The van der Waals surface area contributed by atoms with Crippen LogP contribution in [0.3, 0.4) is 0 Å². The molecule has 2 heterocycles. The number of benzene rings is 2. The third-order valence-corrected chi connectivity index (χ3v) is 5.92. The first-order valence-corrected chi connectivity index (χ1v) is 11.0. The number of nitrogens with one attached hydrogen (secondary N) is 1. The first-order valence-electron chi connectivity index (χ1n) is 10.0. The summed E-state index contributed by atoms with van der Waals surface area (Å²) in [5.41, 5.74) is 2.27. The van der Waals surface area contributed by atoms with Crippen molar-refractivity contribution in [3.8, 4) is 11.4 Å². The van der Waals surface area contributed by atoms with Gasteiger partial charge in [-0.2, -0.15) is 0 Å². The molecule has 29 heavy (non-hydrogen) atoms. The van der Waals surface area contributed by atoms with E-state index in [2.05, 4.69) is 33.8 Å². The molecule has 152 valence electrons. The topological polar surface area (TPSA) is 53.6 Å². The van der Waals surface area contributed by atoms with E-state index in [9.17, 15) is 0 Å². The molecule has 2 aromatic carbocycles. The molecule has 0 aliphatic carbocycles. The molecule has 1 aromatic heterocycles. The molecule has 0 spiro atoms. The average molecular weight is 412 g/mol. The minimum absolute atomic E-state index is 0.375. The van der Waals surface area contributed by atoms with Crippen LogP contribution in [0.4, 0.5) is 0 Å². The van der Waals surface area contributed by atoms with Crippen molar-refractivity contribution in [1.29, 1.82) is 0 Å². The number of ether oxygens (including phenoxy) is 2. The molecule has 6 nitrogen and oxygen atoms in total. The molecule has 1 saturated heterocycles. The number of hydrogen-bond donors (Lipinski definition) is 1. The van der Waals surface area contributed by atoms with Gasteiger partial charge in [-0.3, -0.25) is 4.57 Å². The fourth-order valence-electron chi connectivity index (χ4n) is 3.30. The third kappa shape index (κ3) is 5.38. The Labute approximate surface area is 175 Å². The molecule has 0 radical (unpaired) electrons. The van der Waals surface area contributed by atoms with Crippen molar-refractivity contribution in [2.45, 2.75) is 18.7 Å². The summed E-state index contributed by atoms with van der Waals surface area (Å²) in [7, 11) is 0. The number of hydrogen-bond acceptors (Lipinski definition) is 5. The fraction of sp³-hybridized carbons (Fsp3) is 0.364. The number of thioether (sulfide) groups is 1. The Morgan fingerprint density at radius 1 is 1.03 bits per heavy atom. The quantitative estimate of drug-likeness (QED) is 0.576. The second-order valence-electron chi connectivity index (χ2n) is 7.13. The van der Waals surface area contributed by atoms with Crippen molar-refractivity contribution < 1.29 is 14.4 Å². The highest BCUT2D eigenvalue weighted by atomic mass is 32.2. The van der Waals surface area contributed by atoms with Crippen molar-refractivity contribution in [3.05, 3.63) is 66.0 Å². The largest absolute Gasteiger partial charge is 0.486 e. The van der Waals surface area contributed by atoms with Crippen LogP contribution < -0.4 is 9.64 Å². The number of morpholine rings is 1. The second-order valence-corrected chi connectivity index (χ2v) is 8.19. The van der Waals surface area contributed by atoms with Gasteiger partial charge in [-0.1, -0.05) is 47.7 Å². The van der Waals surface area contributed by atoms with Crippen LogP contribution in [-0.2, 0) is 11.3 Å². The van der Waals surface area contributed by atoms with E-state index in [-0.39, 0.29) is 0 Å². The zero-order valence-electron chi connectivity index (χ0n) is 16.7. The lowest BCUT2D eigenvalue weighted by Crippen LogP contribution is -3.14. The molecule has 1 N–H and O–H groups in total. The van der Waals surface area contributed by atoms with Gasteiger partial charge >= 0.3 is 0 Å². The summed E-state index contributed by atoms with van der Waals surface area (Å²) in [6, 6.07) is 18.3. The molecule has 0 amide bonds. The molecule has 0 bridgehead atoms. The first kappa shape index (κ1) is 19.9. The minimum atomic E-state index is 0.375. The van der Waals surface area contributed by atoms with Crippen LogP contribution in [0.2, 0.25) is 0 Å². The maximum Gasteiger partial charge on any atom is 0.196 e. The Balaban J connectivity index is 1.46. The van der Waals surface area contributed by atoms with Crippen LogP contribution in [0.5, 0.6) is 5.75 Å². The zero-order chi connectivity index (χ0) is 19.9. The van der Waals surface area contributed by atoms with Gasteiger partial charge in [-0.05, 0) is 31.2 Å². The van der Waals surface area contributed by atoms with Crippen molar-refractivity contribution in [3.63, 3.8) is 0 Å². The second kappa shape index (κ2) is 9.91. The van der Waals surface area contributed by atoms with E-state index in [0.717, 1.165) is 61.0 Å². The van der Waals surface area contributed by atoms with Crippen LogP contribution in [0.1, 0.15) is 11.4 Å². The van der Waals surface area contributed by atoms with Crippen molar-refractivity contribution >= 4 is 11.8 Å². The van der Waals surface area contributed by atoms with Crippen molar-refractivity contribution in [1.82, 2.24) is 14.8 Å². The van der Waals surface area contributed by atoms with Crippen molar-refractivity contribution in [2.24, 2.45) is 0 Å². The number of aromatic nitrogens is 3. The molecule has 0 saturated carbocycles. The summed E-state index contributed by atoms with van der Waals surface area (Å²) >= 11 is 1.75. The number of para-hydroxylation sites is 1. The Bertz CT molecular complexity index is 893. The fourth-order valence-corrected chi connectivity index (χ4v) is 4.31. The van der Waals surface area contributed by atoms with E-state index in [1.54, 1.807) is 16.7 Å². The lowest BCUT2D eigenvalue weighted by Gasteiger charge is -2.23. The summed E-state index contributed by atoms with van der Waals surface area (Å²) in [5.74, 6) is 2.64. The highest BCUT2D eigenvalue weighted by Gasteiger charge is 2.17. The lowest BCUT2D eigenvalue weighted by molar-refractivity contribution is -0.905. The summed E-state index contributed by atoms with van der Waals surface area (Å²) in [6.07, 6.45) is 0. The van der Waals surface area contributed by atoms with Crippen LogP contribution in [0, 0.1) is 6.92 Å². The molecule has 4 rings (SSSR count). The van der Waals surface area contributed by atoms with Gasteiger partial charge in [0.25, 0.3) is 0 Å².